The third-order valence-corrected chi connectivity index (χ3v) is 3.74. The Labute approximate surface area is 73.3 Å². The van der Waals surface area contributed by atoms with Crippen LogP contribution in [-0.4, -0.2) is 56.2 Å². The van der Waals surface area contributed by atoms with Gasteiger partial charge in [-0.2, -0.15) is 0 Å². The van der Waals surface area contributed by atoms with Gasteiger partial charge in [-0.3, -0.25) is 0 Å². The zero-order valence-electron chi connectivity index (χ0n) is 7.15. The van der Waals surface area contributed by atoms with Crippen LogP contribution in [0.2, 0.25) is 0 Å². The van der Waals surface area contributed by atoms with Crippen LogP contribution in [0.25, 0.3) is 0 Å². The summed E-state index contributed by atoms with van der Waals surface area (Å²) in [6, 6.07) is 0.740. The van der Waals surface area contributed by atoms with Crippen molar-refractivity contribution in [2.24, 2.45) is 0 Å². The molecular formula is C8H17ClN2+2. The van der Waals surface area contributed by atoms with Gasteiger partial charge >= 0.3 is 0 Å². The van der Waals surface area contributed by atoms with E-state index in [4.69, 9.17) is 11.6 Å². The second-order valence-electron chi connectivity index (χ2n) is 4.26. The van der Waals surface area contributed by atoms with Crippen LogP contribution >= 0.6 is 11.6 Å². The zero-order valence-corrected chi connectivity index (χ0v) is 7.90. The van der Waals surface area contributed by atoms with E-state index in [1.165, 1.54) is 37.2 Å². The summed E-state index contributed by atoms with van der Waals surface area (Å²) >= 11 is 5.91. The maximum Gasteiger partial charge on any atom is 0.151 e. The van der Waals surface area contributed by atoms with Crippen molar-refractivity contribution < 1.29 is 9.38 Å². The summed E-state index contributed by atoms with van der Waals surface area (Å²) in [6.45, 7) is 6.71. The molecule has 3 fully saturated rings. The van der Waals surface area contributed by atoms with Gasteiger partial charge in [0.2, 0.25) is 0 Å². The van der Waals surface area contributed by atoms with Gasteiger partial charge in [-0.1, -0.05) is 0 Å². The molecule has 0 amide bonds. The maximum atomic E-state index is 5.91. The zero-order chi connectivity index (χ0) is 7.90. The predicted molar refractivity (Wildman–Crippen MR) is 46.0 cm³/mol. The van der Waals surface area contributed by atoms with E-state index >= 15 is 0 Å². The highest BCUT2D eigenvalue weighted by Crippen LogP contribution is 2.09. The summed E-state index contributed by atoms with van der Waals surface area (Å²) in [5, 5.41) is 0. The fourth-order valence-electron chi connectivity index (χ4n) is 2.47. The number of halogens is 1. The molecular weight excluding hydrogens is 160 g/mol. The van der Waals surface area contributed by atoms with Crippen molar-refractivity contribution in [3.05, 3.63) is 0 Å². The minimum atomic E-state index is 0.740. The first-order valence-electron chi connectivity index (χ1n) is 4.48. The molecule has 1 atom stereocenters. The van der Waals surface area contributed by atoms with Crippen molar-refractivity contribution in [1.29, 1.82) is 0 Å². The van der Waals surface area contributed by atoms with Gasteiger partial charge in [0.15, 0.2) is 6.04 Å². The molecule has 3 rings (SSSR count). The van der Waals surface area contributed by atoms with Crippen LogP contribution < -0.4 is 4.90 Å². The first-order valence-corrected chi connectivity index (χ1v) is 5.01. The molecule has 0 aromatic heterocycles. The number of likely N-dealkylation sites (N-methyl/N-ethyl adjacent to an activating group) is 1. The molecule has 11 heavy (non-hydrogen) atoms. The maximum absolute atomic E-state index is 5.91. The summed E-state index contributed by atoms with van der Waals surface area (Å²) in [7, 11) is 2.37. The van der Waals surface area contributed by atoms with E-state index in [-0.39, 0.29) is 0 Å². The van der Waals surface area contributed by atoms with Crippen LogP contribution in [0.1, 0.15) is 0 Å². The lowest BCUT2D eigenvalue weighted by atomic mass is 10.1. The van der Waals surface area contributed by atoms with E-state index in [2.05, 4.69) is 7.05 Å². The molecule has 1 N–H and O–H groups in total. The number of hydrogen-bond acceptors (Lipinski definition) is 0. The Morgan fingerprint density at radius 3 is 2.45 bits per heavy atom. The summed E-state index contributed by atoms with van der Waals surface area (Å²) in [5.74, 6) is 0.850. The van der Waals surface area contributed by atoms with E-state index in [0.717, 1.165) is 11.9 Å². The van der Waals surface area contributed by atoms with E-state index in [1.54, 1.807) is 4.90 Å². The molecule has 3 saturated heterocycles. The Balaban J connectivity index is 2.09. The molecule has 64 valence electrons. The number of nitrogens with one attached hydrogen (secondary N) is 1. The van der Waals surface area contributed by atoms with Gasteiger partial charge in [-0.25, -0.2) is 0 Å². The molecule has 3 aliphatic rings. The van der Waals surface area contributed by atoms with E-state index < -0.39 is 0 Å². The molecule has 0 saturated carbocycles. The van der Waals surface area contributed by atoms with Crippen LogP contribution in [0.3, 0.4) is 0 Å². The van der Waals surface area contributed by atoms with Crippen molar-refractivity contribution in [3.63, 3.8) is 0 Å². The molecule has 0 aromatic rings. The Hall–Kier alpha value is 0.210. The van der Waals surface area contributed by atoms with Crippen LogP contribution in [0.15, 0.2) is 0 Å². The molecule has 3 aliphatic heterocycles. The first-order chi connectivity index (χ1) is 5.23. The van der Waals surface area contributed by atoms with Crippen molar-refractivity contribution in [3.8, 4) is 0 Å². The lowest BCUT2D eigenvalue weighted by Gasteiger charge is -2.49. The highest BCUT2D eigenvalue weighted by molar-refractivity contribution is 6.18. The van der Waals surface area contributed by atoms with Gasteiger partial charge in [-0.15, -0.1) is 11.6 Å². The van der Waals surface area contributed by atoms with E-state index in [0.29, 0.717) is 0 Å². The quantitative estimate of drug-likeness (QED) is 0.385. The number of piperazine rings is 3. The number of rotatable bonds is 1. The molecule has 2 bridgehead atoms. The molecule has 0 spiro atoms. The Morgan fingerprint density at radius 1 is 1.45 bits per heavy atom. The Bertz CT molecular complexity index is 152. The minimum absolute atomic E-state index is 0.740. The molecule has 3 heterocycles. The van der Waals surface area contributed by atoms with Crippen molar-refractivity contribution >= 4 is 11.6 Å². The van der Waals surface area contributed by atoms with Gasteiger partial charge < -0.3 is 9.38 Å². The third-order valence-electron chi connectivity index (χ3n) is 3.37. The predicted octanol–water partition coefficient (Wildman–Crippen LogP) is -1.05. The second kappa shape index (κ2) is 2.61. The van der Waals surface area contributed by atoms with Gasteiger partial charge in [0.05, 0.1) is 12.9 Å². The van der Waals surface area contributed by atoms with Crippen molar-refractivity contribution in [1.82, 2.24) is 0 Å². The Kier molecular flexibility index (Phi) is 1.86. The summed E-state index contributed by atoms with van der Waals surface area (Å²) < 4.78 is 1.28. The fourth-order valence-corrected chi connectivity index (χ4v) is 2.79. The van der Waals surface area contributed by atoms with E-state index in [1.807, 2.05) is 0 Å². The lowest BCUT2D eigenvalue weighted by molar-refractivity contribution is -1.08. The molecule has 0 aliphatic carbocycles. The van der Waals surface area contributed by atoms with Crippen LogP contribution in [0.5, 0.6) is 0 Å². The van der Waals surface area contributed by atoms with Crippen LogP contribution in [0, 0.1) is 0 Å². The number of quaternary nitrogens is 2. The average molecular weight is 177 g/mol. The highest BCUT2D eigenvalue weighted by Gasteiger charge is 2.44. The van der Waals surface area contributed by atoms with Crippen molar-refractivity contribution in [2.75, 3.05) is 45.7 Å². The minimum Gasteiger partial charge on any atom is -0.318 e. The number of hydrogen-bond donors (Lipinski definition) is 1. The number of nitrogens with zero attached hydrogens (tertiary/aromatic N) is 1. The molecule has 2 nitrogen and oxygen atoms in total. The Morgan fingerprint density at radius 2 is 2.09 bits per heavy atom. The van der Waals surface area contributed by atoms with Crippen molar-refractivity contribution in [2.45, 2.75) is 6.04 Å². The first kappa shape index (κ1) is 7.84. The number of alkyl halides is 1. The topological polar surface area (TPSA) is 4.44 Å². The third kappa shape index (κ3) is 1.28. The largest absolute Gasteiger partial charge is 0.318 e. The number of fused-ring (bicyclic) bond motifs is 3. The summed E-state index contributed by atoms with van der Waals surface area (Å²) in [4.78, 5) is 1.75. The van der Waals surface area contributed by atoms with Gasteiger partial charge in [0.1, 0.15) is 32.7 Å². The lowest BCUT2D eigenvalue weighted by Crippen LogP contribution is -3.23. The summed E-state index contributed by atoms with van der Waals surface area (Å²) in [6.07, 6.45) is 0. The van der Waals surface area contributed by atoms with Crippen LogP contribution in [0.4, 0.5) is 0 Å². The summed E-state index contributed by atoms with van der Waals surface area (Å²) in [5.41, 5.74) is 0. The smallest absolute Gasteiger partial charge is 0.151 e. The monoisotopic (exact) mass is 176 g/mol. The molecule has 1 unspecified atom stereocenters. The van der Waals surface area contributed by atoms with Crippen LogP contribution in [-0.2, 0) is 0 Å². The standard InChI is InChI=1S/C8H16ClN2/c1-11-4-2-10(3-5-11)8(6-9)7-11/h8H,2-7H2,1H3/q+1/p+1. The molecule has 3 heteroatoms. The van der Waals surface area contributed by atoms with Gasteiger partial charge in [-0.05, 0) is 0 Å². The van der Waals surface area contributed by atoms with Gasteiger partial charge in [0, 0.05) is 0 Å². The highest BCUT2D eigenvalue weighted by atomic mass is 35.5. The van der Waals surface area contributed by atoms with E-state index in [9.17, 15) is 0 Å². The fraction of sp³-hybridized carbons (Fsp3) is 1.00. The average Bonchev–Trinajstić information content (AvgIpc) is 2.04. The molecule has 0 radical (unpaired) electrons. The second-order valence-corrected chi connectivity index (χ2v) is 4.57. The molecule has 0 aromatic carbocycles. The van der Waals surface area contributed by atoms with Gasteiger partial charge in [0.25, 0.3) is 0 Å². The SMILES string of the molecule is C[N+]12CC[NH+](CC1)C(CCl)C2. The normalized spacial score (nSPS) is 49.6.